The van der Waals surface area contributed by atoms with E-state index in [0.717, 1.165) is 12.2 Å². The Hall–Kier alpha value is -2.24. The molecule has 23 heavy (non-hydrogen) atoms. The maximum absolute atomic E-state index is 11.6. The normalized spacial score (nSPS) is 17.0. The quantitative estimate of drug-likeness (QED) is 0.904. The number of carboxylic acid groups (broad SMARTS) is 1. The molecule has 0 spiro atoms. The summed E-state index contributed by atoms with van der Waals surface area (Å²) in [5.74, 6) is -0.0501. The summed E-state index contributed by atoms with van der Waals surface area (Å²) in [7, 11) is 1.66. The zero-order valence-electron chi connectivity index (χ0n) is 14.1. The first-order valence-electron chi connectivity index (χ1n) is 7.56. The van der Waals surface area contributed by atoms with Crippen LogP contribution in [0.4, 0.5) is 4.79 Å². The van der Waals surface area contributed by atoms with Crippen molar-refractivity contribution < 1.29 is 24.2 Å². The molecule has 0 aromatic heterocycles. The summed E-state index contributed by atoms with van der Waals surface area (Å²) in [5, 5.41) is 8.88. The van der Waals surface area contributed by atoms with Crippen LogP contribution in [-0.4, -0.2) is 47.4 Å². The van der Waals surface area contributed by atoms with Gasteiger partial charge in [0.05, 0.1) is 7.11 Å². The molecule has 1 aliphatic rings. The van der Waals surface area contributed by atoms with Crippen molar-refractivity contribution in [3.63, 3.8) is 0 Å². The van der Waals surface area contributed by atoms with Gasteiger partial charge in [-0.1, -0.05) is 18.2 Å². The van der Waals surface area contributed by atoms with Crippen LogP contribution in [-0.2, 0) is 9.53 Å². The number of carbonyl (C=O) groups excluding carboxylic acids is 1. The third kappa shape index (κ3) is 6.59. The number of methoxy groups -OCH3 is 1. The van der Waals surface area contributed by atoms with Gasteiger partial charge in [0.15, 0.2) is 0 Å². The molecule has 1 atom stereocenters. The third-order valence-electron chi connectivity index (χ3n) is 3.14. The number of carboxylic acids is 1. The monoisotopic (exact) mass is 323 g/mol. The second-order valence-corrected chi connectivity index (χ2v) is 6.19. The molecule has 1 aromatic carbocycles. The van der Waals surface area contributed by atoms with Gasteiger partial charge in [0.1, 0.15) is 17.4 Å². The molecule has 2 rings (SSSR count). The number of amides is 1. The lowest BCUT2D eigenvalue weighted by atomic mass is 10.2. The molecular formula is C17H25NO5. The second-order valence-electron chi connectivity index (χ2n) is 6.19. The number of para-hydroxylation sites is 1. The van der Waals surface area contributed by atoms with Crippen molar-refractivity contribution in [2.45, 2.75) is 45.3 Å². The Balaban J connectivity index is 0.000000277. The first kappa shape index (κ1) is 18.8. The van der Waals surface area contributed by atoms with E-state index in [9.17, 15) is 9.59 Å². The summed E-state index contributed by atoms with van der Waals surface area (Å²) < 4.78 is 10.0. The molecule has 1 aliphatic heterocycles. The highest BCUT2D eigenvalue weighted by molar-refractivity contribution is 5.80. The van der Waals surface area contributed by atoms with Crippen molar-refractivity contribution in [2.24, 2.45) is 0 Å². The molecule has 1 fully saturated rings. The maximum Gasteiger partial charge on any atom is 0.411 e. The lowest BCUT2D eigenvalue weighted by Gasteiger charge is -2.26. The standard InChI is InChI=1S/C10H17NO4.C7H8O/c1-10(2,3)15-9(14)11-6-4-5-7(11)8(12)13;1-8-7-5-3-2-4-6-7/h7H,4-6H2,1-3H3,(H,12,13);2-6H,1H3. The molecule has 0 bridgehead atoms. The molecule has 0 saturated carbocycles. The molecule has 1 amide bonds. The largest absolute Gasteiger partial charge is 0.497 e. The maximum atomic E-state index is 11.6. The van der Waals surface area contributed by atoms with Crippen LogP contribution >= 0.6 is 0 Å². The average Bonchev–Trinajstić information content (AvgIpc) is 2.97. The number of benzene rings is 1. The number of rotatable bonds is 2. The summed E-state index contributed by atoms with van der Waals surface area (Å²) in [5.41, 5.74) is -0.581. The molecule has 0 aliphatic carbocycles. The van der Waals surface area contributed by atoms with Gasteiger partial charge in [-0.2, -0.15) is 0 Å². The Morgan fingerprint density at radius 2 is 1.83 bits per heavy atom. The number of ether oxygens (including phenoxy) is 2. The molecule has 6 nitrogen and oxygen atoms in total. The number of hydrogen-bond donors (Lipinski definition) is 1. The Morgan fingerprint density at radius 3 is 2.26 bits per heavy atom. The molecule has 128 valence electrons. The van der Waals surface area contributed by atoms with E-state index in [1.165, 1.54) is 4.90 Å². The van der Waals surface area contributed by atoms with Gasteiger partial charge in [-0.05, 0) is 45.7 Å². The average molecular weight is 323 g/mol. The second kappa shape index (κ2) is 8.41. The van der Waals surface area contributed by atoms with E-state index >= 15 is 0 Å². The summed E-state index contributed by atoms with van der Waals surface area (Å²) in [4.78, 5) is 23.7. The molecule has 1 aromatic rings. The van der Waals surface area contributed by atoms with Crippen molar-refractivity contribution in [1.82, 2.24) is 4.90 Å². The highest BCUT2D eigenvalue weighted by atomic mass is 16.6. The minimum Gasteiger partial charge on any atom is -0.497 e. The fourth-order valence-electron chi connectivity index (χ4n) is 2.12. The Kier molecular flexibility index (Phi) is 6.88. The van der Waals surface area contributed by atoms with Crippen LogP contribution in [0.25, 0.3) is 0 Å². The summed E-state index contributed by atoms with van der Waals surface area (Å²) in [6, 6.07) is 8.96. The number of carbonyl (C=O) groups is 2. The molecule has 1 saturated heterocycles. The van der Waals surface area contributed by atoms with Crippen LogP contribution in [0.3, 0.4) is 0 Å². The predicted molar refractivity (Wildman–Crippen MR) is 86.6 cm³/mol. The van der Waals surface area contributed by atoms with E-state index in [4.69, 9.17) is 14.6 Å². The lowest BCUT2D eigenvalue weighted by molar-refractivity contribution is -0.142. The van der Waals surface area contributed by atoms with Crippen molar-refractivity contribution in [1.29, 1.82) is 0 Å². The van der Waals surface area contributed by atoms with Gasteiger partial charge in [0.25, 0.3) is 0 Å². The van der Waals surface area contributed by atoms with Gasteiger partial charge in [-0.3, -0.25) is 4.90 Å². The predicted octanol–water partition coefficient (Wildman–Crippen LogP) is 3.17. The van der Waals surface area contributed by atoms with E-state index < -0.39 is 23.7 Å². The van der Waals surface area contributed by atoms with Crippen LogP contribution in [0.5, 0.6) is 5.75 Å². The molecule has 6 heteroatoms. The van der Waals surface area contributed by atoms with Crippen molar-refractivity contribution >= 4 is 12.1 Å². The first-order valence-corrected chi connectivity index (χ1v) is 7.56. The summed E-state index contributed by atoms with van der Waals surface area (Å²) in [6.45, 7) is 5.75. The van der Waals surface area contributed by atoms with Crippen LogP contribution in [0.15, 0.2) is 30.3 Å². The van der Waals surface area contributed by atoms with Gasteiger partial charge in [-0.25, -0.2) is 9.59 Å². The van der Waals surface area contributed by atoms with Crippen LogP contribution in [0, 0.1) is 0 Å². The van der Waals surface area contributed by atoms with Crippen molar-refractivity contribution in [3.05, 3.63) is 30.3 Å². The summed E-state index contributed by atoms with van der Waals surface area (Å²) in [6.07, 6.45) is 0.692. The van der Waals surface area contributed by atoms with E-state index in [1.807, 2.05) is 30.3 Å². The lowest BCUT2D eigenvalue weighted by Crippen LogP contribution is -2.43. The third-order valence-corrected chi connectivity index (χ3v) is 3.14. The molecule has 0 radical (unpaired) electrons. The Labute approximate surface area is 137 Å². The van der Waals surface area contributed by atoms with Crippen molar-refractivity contribution in [3.8, 4) is 5.75 Å². The molecule has 1 N–H and O–H groups in total. The summed E-state index contributed by atoms with van der Waals surface area (Å²) >= 11 is 0. The van der Waals surface area contributed by atoms with E-state index in [-0.39, 0.29) is 0 Å². The zero-order chi connectivity index (χ0) is 17.5. The molecule has 1 heterocycles. The minimum atomic E-state index is -0.960. The fourth-order valence-corrected chi connectivity index (χ4v) is 2.12. The van der Waals surface area contributed by atoms with Crippen molar-refractivity contribution in [2.75, 3.05) is 13.7 Å². The number of likely N-dealkylation sites (tertiary alicyclic amines) is 1. The zero-order valence-corrected chi connectivity index (χ0v) is 14.1. The van der Waals surface area contributed by atoms with E-state index in [0.29, 0.717) is 13.0 Å². The fraction of sp³-hybridized carbons (Fsp3) is 0.529. The van der Waals surface area contributed by atoms with Gasteiger partial charge < -0.3 is 14.6 Å². The molecule has 1 unspecified atom stereocenters. The highest BCUT2D eigenvalue weighted by Gasteiger charge is 2.36. The Bertz CT molecular complexity index is 509. The minimum absolute atomic E-state index is 0.464. The van der Waals surface area contributed by atoms with Gasteiger partial charge >= 0.3 is 12.1 Å². The number of hydrogen-bond acceptors (Lipinski definition) is 4. The SMILES string of the molecule is CC(C)(C)OC(=O)N1CCCC1C(=O)O.COc1ccccc1. The first-order chi connectivity index (χ1) is 10.7. The van der Waals surface area contributed by atoms with E-state index in [1.54, 1.807) is 27.9 Å². The van der Waals surface area contributed by atoms with Gasteiger partial charge in [0, 0.05) is 6.54 Å². The molecular weight excluding hydrogens is 298 g/mol. The van der Waals surface area contributed by atoms with Crippen LogP contribution < -0.4 is 4.74 Å². The van der Waals surface area contributed by atoms with Gasteiger partial charge in [-0.15, -0.1) is 0 Å². The van der Waals surface area contributed by atoms with Gasteiger partial charge in [0.2, 0.25) is 0 Å². The Morgan fingerprint density at radius 1 is 1.22 bits per heavy atom. The topological polar surface area (TPSA) is 76.1 Å². The van der Waals surface area contributed by atoms with E-state index in [2.05, 4.69) is 0 Å². The smallest absolute Gasteiger partial charge is 0.411 e. The number of aliphatic carboxylic acids is 1. The van der Waals surface area contributed by atoms with Crippen LogP contribution in [0.1, 0.15) is 33.6 Å². The highest BCUT2D eigenvalue weighted by Crippen LogP contribution is 2.20. The van der Waals surface area contributed by atoms with Crippen LogP contribution in [0.2, 0.25) is 0 Å². The number of nitrogens with zero attached hydrogens (tertiary/aromatic N) is 1.